The monoisotopic (exact) mass is 333 g/mol. The van der Waals surface area contributed by atoms with Gasteiger partial charge in [-0.2, -0.15) is 0 Å². The Hall–Kier alpha value is -2.21. The van der Waals surface area contributed by atoms with Gasteiger partial charge in [-0.15, -0.1) is 0 Å². The second-order valence-electron chi connectivity index (χ2n) is 4.65. The lowest BCUT2D eigenvalue weighted by Gasteiger charge is -2.12. The summed E-state index contributed by atoms with van der Waals surface area (Å²) in [4.78, 5) is 27.0. The first kappa shape index (κ1) is 17.1. The van der Waals surface area contributed by atoms with E-state index in [4.69, 9.17) is 9.47 Å². The van der Waals surface area contributed by atoms with Crippen molar-refractivity contribution in [3.8, 4) is 0 Å². The minimum absolute atomic E-state index is 0.105. The maximum atomic E-state index is 11.9. The van der Waals surface area contributed by atoms with Crippen molar-refractivity contribution >= 4 is 29.4 Å². The van der Waals surface area contributed by atoms with E-state index >= 15 is 0 Å². The van der Waals surface area contributed by atoms with Gasteiger partial charge in [0.25, 0.3) is 0 Å². The highest BCUT2D eigenvalue weighted by Gasteiger charge is 2.23. The van der Waals surface area contributed by atoms with Gasteiger partial charge in [-0.3, -0.25) is 0 Å². The Bertz CT molecular complexity index is 646. The Morgan fingerprint density at radius 2 is 1.74 bits per heavy atom. The zero-order valence-corrected chi connectivity index (χ0v) is 14.2. The Balaban J connectivity index is 2.26. The van der Waals surface area contributed by atoms with Gasteiger partial charge >= 0.3 is 11.9 Å². The molecular formula is C17H19NO4S. The van der Waals surface area contributed by atoms with Gasteiger partial charge in [0.1, 0.15) is 5.57 Å². The summed E-state index contributed by atoms with van der Waals surface area (Å²) in [6.07, 6.45) is 3.19. The lowest BCUT2D eigenvalue weighted by molar-refractivity contribution is -0.146. The van der Waals surface area contributed by atoms with E-state index in [0.29, 0.717) is 0 Å². The fourth-order valence-electron chi connectivity index (χ4n) is 2.06. The van der Waals surface area contributed by atoms with Crippen molar-refractivity contribution in [3.05, 3.63) is 47.0 Å². The first-order chi connectivity index (χ1) is 11.1. The maximum Gasteiger partial charge on any atom is 0.345 e. The molecule has 6 heteroatoms. The molecule has 0 saturated heterocycles. The molecule has 0 aromatic heterocycles. The predicted molar refractivity (Wildman–Crippen MR) is 90.1 cm³/mol. The van der Waals surface area contributed by atoms with Crippen molar-refractivity contribution in [1.29, 1.82) is 0 Å². The molecule has 0 spiro atoms. The van der Waals surface area contributed by atoms with Crippen LogP contribution in [0.1, 0.15) is 13.8 Å². The van der Waals surface area contributed by atoms with E-state index in [9.17, 15) is 9.59 Å². The molecule has 2 rings (SSSR count). The van der Waals surface area contributed by atoms with E-state index in [-0.39, 0.29) is 18.8 Å². The molecule has 1 heterocycles. The lowest BCUT2D eigenvalue weighted by Crippen LogP contribution is -2.18. The van der Waals surface area contributed by atoms with Crippen LogP contribution in [0.15, 0.2) is 51.9 Å². The number of ether oxygens (including phenoxy) is 2. The molecule has 1 aliphatic heterocycles. The Morgan fingerprint density at radius 1 is 1.13 bits per heavy atom. The summed E-state index contributed by atoms with van der Waals surface area (Å²) in [7, 11) is 1.94. The Morgan fingerprint density at radius 3 is 2.30 bits per heavy atom. The summed E-state index contributed by atoms with van der Waals surface area (Å²) < 4.78 is 9.84. The fraction of sp³-hybridized carbons (Fsp3) is 0.294. The van der Waals surface area contributed by atoms with Crippen LogP contribution >= 0.6 is 11.8 Å². The number of carbonyl (C=O) groups is 2. The highest BCUT2D eigenvalue weighted by atomic mass is 32.2. The molecule has 0 unspecified atom stereocenters. The highest BCUT2D eigenvalue weighted by Crippen LogP contribution is 2.44. The molecule has 1 aliphatic rings. The number of allylic oxidation sites excluding steroid dienone is 2. The van der Waals surface area contributed by atoms with Gasteiger partial charge in [0, 0.05) is 11.9 Å². The molecule has 122 valence electrons. The molecule has 0 radical (unpaired) electrons. The normalized spacial score (nSPS) is 14.4. The molecule has 0 atom stereocenters. The molecular weight excluding hydrogens is 314 g/mol. The number of carbonyl (C=O) groups excluding carboxylic acids is 2. The quantitative estimate of drug-likeness (QED) is 0.357. The zero-order valence-electron chi connectivity index (χ0n) is 13.4. The first-order valence-corrected chi connectivity index (χ1v) is 8.17. The molecule has 23 heavy (non-hydrogen) atoms. The second kappa shape index (κ2) is 7.87. The van der Waals surface area contributed by atoms with Crippen LogP contribution in [0, 0.1) is 0 Å². The van der Waals surface area contributed by atoms with Crippen molar-refractivity contribution in [2.45, 2.75) is 18.7 Å². The van der Waals surface area contributed by atoms with Crippen molar-refractivity contribution in [1.82, 2.24) is 0 Å². The lowest BCUT2D eigenvalue weighted by atomic mass is 10.2. The van der Waals surface area contributed by atoms with Crippen LogP contribution in [-0.4, -0.2) is 32.2 Å². The molecule has 0 bridgehead atoms. The molecule has 1 aromatic rings. The predicted octanol–water partition coefficient (Wildman–Crippen LogP) is 3.12. The van der Waals surface area contributed by atoms with Crippen LogP contribution in [0.2, 0.25) is 0 Å². The second-order valence-corrected chi connectivity index (χ2v) is 5.72. The van der Waals surface area contributed by atoms with Crippen LogP contribution in [-0.2, 0) is 19.1 Å². The van der Waals surface area contributed by atoms with Gasteiger partial charge < -0.3 is 14.4 Å². The van der Waals surface area contributed by atoms with Crippen LogP contribution in [0.4, 0.5) is 5.69 Å². The first-order valence-electron chi connectivity index (χ1n) is 7.35. The summed E-state index contributed by atoms with van der Waals surface area (Å²) in [5, 5.41) is 0.914. The number of hydrogen-bond donors (Lipinski definition) is 0. The van der Waals surface area contributed by atoms with Gasteiger partial charge in [0.2, 0.25) is 0 Å². The maximum absolute atomic E-state index is 11.9. The molecule has 5 nitrogen and oxygen atoms in total. The zero-order chi connectivity index (χ0) is 16.8. The smallest absolute Gasteiger partial charge is 0.345 e. The summed E-state index contributed by atoms with van der Waals surface area (Å²) in [6, 6.07) is 7.99. The van der Waals surface area contributed by atoms with Crippen molar-refractivity contribution in [2.24, 2.45) is 0 Å². The average Bonchev–Trinajstić information content (AvgIpc) is 2.85. The Labute approximate surface area is 139 Å². The summed E-state index contributed by atoms with van der Waals surface area (Å²) in [5.41, 5.74) is 0.983. The topological polar surface area (TPSA) is 55.8 Å². The molecule has 0 aliphatic carbocycles. The number of nitrogens with zero attached hydrogens (tertiary/aromatic N) is 1. The summed E-state index contributed by atoms with van der Waals surface area (Å²) in [6.45, 7) is 3.78. The number of fused-ring (bicyclic) bond motifs is 1. The molecule has 0 amide bonds. The van der Waals surface area contributed by atoms with Crippen LogP contribution in [0.3, 0.4) is 0 Å². The van der Waals surface area contributed by atoms with Gasteiger partial charge in [0.05, 0.1) is 23.9 Å². The number of anilines is 1. The number of rotatable bonds is 5. The van der Waals surface area contributed by atoms with Crippen LogP contribution < -0.4 is 4.90 Å². The van der Waals surface area contributed by atoms with Crippen LogP contribution in [0.25, 0.3) is 0 Å². The van der Waals surface area contributed by atoms with Gasteiger partial charge in [-0.05, 0) is 38.1 Å². The van der Waals surface area contributed by atoms with E-state index in [2.05, 4.69) is 0 Å². The number of benzene rings is 1. The van der Waals surface area contributed by atoms with E-state index in [0.717, 1.165) is 15.6 Å². The van der Waals surface area contributed by atoms with Crippen molar-refractivity contribution < 1.29 is 19.1 Å². The minimum Gasteiger partial charge on any atom is -0.462 e. The van der Waals surface area contributed by atoms with Crippen LogP contribution in [0.5, 0.6) is 0 Å². The van der Waals surface area contributed by atoms with E-state index in [1.54, 1.807) is 31.7 Å². The SMILES string of the molecule is CCOC(=O)C(=C/C=C1\Sc2ccccc2N1C)C(=O)OCC. The standard InChI is InChI=1S/C17H19NO4S/c1-4-21-16(19)12(17(20)22-5-2)10-11-15-18(3)13-8-6-7-9-14(13)23-15/h6-11H,4-5H2,1-3H3/b15-11-. The number of thioether (sulfide) groups is 1. The van der Waals surface area contributed by atoms with E-state index in [1.165, 1.54) is 6.08 Å². The molecule has 1 aromatic carbocycles. The fourth-order valence-corrected chi connectivity index (χ4v) is 3.11. The molecule has 0 fully saturated rings. The third-order valence-corrected chi connectivity index (χ3v) is 4.34. The van der Waals surface area contributed by atoms with E-state index < -0.39 is 11.9 Å². The Kier molecular flexibility index (Phi) is 5.87. The third-order valence-electron chi connectivity index (χ3n) is 3.15. The van der Waals surface area contributed by atoms with Crippen molar-refractivity contribution in [2.75, 3.05) is 25.2 Å². The molecule has 0 N–H and O–H groups in total. The number of para-hydroxylation sites is 1. The van der Waals surface area contributed by atoms with Gasteiger partial charge in [-0.25, -0.2) is 9.59 Å². The minimum atomic E-state index is -0.675. The number of esters is 2. The highest BCUT2D eigenvalue weighted by molar-refractivity contribution is 8.03. The summed E-state index contributed by atoms with van der Waals surface area (Å²) in [5.74, 6) is -1.35. The number of hydrogen-bond acceptors (Lipinski definition) is 6. The summed E-state index contributed by atoms with van der Waals surface area (Å²) >= 11 is 1.57. The largest absolute Gasteiger partial charge is 0.462 e. The molecule has 0 saturated carbocycles. The van der Waals surface area contributed by atoms with E-state index in [1.807, 2.05) is 36.2 Å². The van der Waals surface area contributed by atoms with Crippen molar-refractivity contribution in [3.63, 3.8) is 0 Å². The average molecular weight is 333 g/mol. The van der Waals surface area contributed by atoms with Gasteiger partial charge in [-0.1, -0.05) is 23.9 Å². The van der Waals surface area contributed by atoms with Gasteiger partial charge in [0.15, 0.2) is 0 Å². The third kappa shape index (κ3) is 3.96.